The maximum Gasteiger partial charge on any atom is 0.434 e. The number of carbonyl (C=O) groups excluding carboxylic acids is 1. The molecule has 9 nitrogen and oxygen atoms in total. The standard InChI is InChI=1S/C25H21ClF3N5O4/c1-34(19-4-2-3-5-20(19)37-9-8-22-32-33-24(36)38-22)23(35)14-6-7-18(26)16(10-14)17-13-31-21(25(27,28)29)11-15(17)12-30/h2-7,10-11,13H,8-9,12,30H2,1H3,(H,33,36). The molecule has 2 aromatic heterocycles. The van der Waals surface area contributed by atoms with Crippen LogP contribution in [-0.2, 0) is 19.1 Å². The van der Waals surface area contributed by atoms with Gasteiger partial charge in [-0.1, -0.05) is 23.7 Å². The second kappa shape index (κ2) is 11.1. The van der Waals surface area contributed by atoms with E-state index in [1.807, 2.05) is 0 Å². The fourth-order valence-electron chi connectivity index (χ4n) is 3.70. The number of alkyl halides is 3. The summed E-state index contributed by atoms with van der Waals surface area (Å²) in [5.41, 5.74) is 6.10. The van der Waals surface area contributed by atoms with E-state index in [1.54, 1.807) is 31.3 Å². The topological polar surface area (TPSA) is 127 Å². The lowest BCUT2D eigenvalue weighted by Crippen LogP contribution is -2.27. The second-order valence-corrected chi connectivity index (χ2v) is 8.47. The van der Waals surface area contributed by atoms with E-state index >= 15 is 0 Å². The van der Waals surface area contributed by atoms with Crippen LogP contribution >= 0.6 is 11.6 Å². The molecular weight excluding hydrogens is 527 g/mol. The first kappa shape index (κ1) is 26.9. The molecule has 3 N–H and O–H groups in total. The summed E-state index contributed by atoms with van der Waals surface area (Å²) in [6.45, 7) is -0.0670. The highest BCUT2D eigenvalue weighted by molar-refractivity contribution is 6.33. The molecule has 0 aliphatic rings. The lowest BCUT2D eigenvalue weighted by atomic mass is 9.98. The van der Waals surface area contributed by atoms with Crippen LogP contribution in [0.15, 0.2) is 63.9 Å². The highest BCUT2D eigenvalue weighted by Gasteiger charge is 2.33. The van der Waals surface area contributed by atoms with Gasteiger partial charge in [0.15, 0.2) is 0 Å². The third-order valence-corrected chi connectivity index (χ3v) is 5.92. The number of nitrogens with zero attached hydrogens (tertiary/aromatic N) is 3. The number of aromatic nitrogens is 3. The molecule has 0 bridgehead atoms. The van der Waals surface area contributed by atoms with Crippen molar-refractivity contribution in [2.24, 2.45) is 5.73 Å². The molecule has 0 saturated carbocycles. The van der Waals surface area contributed by atoms with Gasteiger partial charge in [-0.3, -0.25) is 9.78 Å². The van der Waals surface area contributed by atoms with Crippen molar-refractivity contribution in [3.63, 3.8) is 0 Å². The van der Waals surface area contributed by atoms with Crippen LogP contribution in [0.5, 0.6) is 5.75 Å². The Morgan fingerprint density at radius 2 is 1.95 bits per heavy atom. The van der Waals surface area contributed by atoms with Crippen LogP contribution in [0.1, 0.15) is 27.5 Å². The van der Waals surface area contributed by atoms with Crippen LogP contribution in [0.4, 0.5) is 18.9 Å². The van der Waals surface area contributed by atoms with Crippen molar-refractivity contribution in [3.05, 3.63) is 93.0 Å². The van der Waals surface area contributed by atoms with Gasteiger partial charge in [-0.15, -0.1) is 5.10 Å². The summed E-state index contributed by atoms with van der Waals surface area (Å²) >= 11 is 6.35. The van der Waals surface area contributed by atoms with Gasteiger partial charge >= 0.3 is 11.9 Å². The first-order valence-electron chi connectivity index (χ1n) is 11.2. The summed E-state index contributed by atoms with van der Waals surface area (Å²) in [7, 11) is 1.55. The van der Waals surface area contributed by atoms with Crippen molar-refractivity contribution in [2.75, 3.05) is 18.6 Å². The zero-order valence-corrected chi connectivity index (χ0v) is 20.6. The van der Waals surface area contributed by atoms with Crippen LogP contribution in [0.25, 0.3) is 11.1 Å². The third kappa shape index (κ3) is 5.87. The molecule has 0 unspecified atom stereocenters. The minimum Gasteiger partial charge on any atom is -0.491 e. The van der Waals surface area contributed by atoms with E-state index in [0.29, 0.717) is 17.0 Å². The quantitative estimate of drug-likeness (QED) is 0.333. The van der Waals surface area contributed by atoms with Crippen molar-refractivity contribution in [1.29, 1.82) is 0 Å². The number of amides is 1. The molecule has 0 fully saturated rings. The van der Waals surface area contributed by atoms with Gasteiger partial charge in [-0.05, 0) is 42.0 Å². The van der Waals surface area contributed by atoms with Crippen molar-refractivity contribution >= 4 is 23.2 Å². The first-order chi connectivity index (χ1) is 18.1. The Kier molecular flexibility index (Phi) is 7.83. The molecule has 0 atom stereocenters. The number of aromatic amines is 1. The predicted octanol–water partition coefficient (Wildman–Crippen LogP) is 4.45. The monoisotopic (exact) mass is 547 g/mol. The van der Waals surface area contributed by atoms with Crippen molar-refractivity contribution in [2.45, 2.75) is 19.1 Å². The van der Waals surface area contributed by atoms with Gasteiger partial charge in [0.2, 0.25) is 5.89 Å². The van der Waals surface area contributed by atoms with E-state index in [1.165, 1.54) is 23.1 Å². The van der Waals surface area contributed by atoms with E-state index in [4.69, 9.17) is 26.5 Å². The van der Waals surface area contributed by atoms with Gasteiger partial charge in [0.25, 0.3) is 5.91 Å². The average Bonchev–Trinajstić information content (AvgIpc) is 3.32. The number of hydrogen-bond acceptors (Lipinski definition) is 7. The fraction of sp³-hybridized carbons (Fsp3) is 0.200. The number of para-hydroxylation sites is 2. The van der Waals surface area contributed by atoms with Crippen molar-refractivity contribution in [3.8, 4) is 16.9 Å². The Morgan fingerprint density at radius 1 is 1.18 bits per heavy atom. The van der Waals surface area contributed by atoms with Crippen LogP contribution in [0, 0.1) is 0 Å². The van der Waals surface area contributed by atoms with Crippen LogP contribution in [0.3, 0.4) is 0 Å². The van der Waals surface area contributed by atoms with Gasteiger partial charge in [0.1, 0.15) is 11.4 Å². The van der Waals surface area contributed by atoms with Gasteiger partial charge in [0, 0.05) is 41.5 Å². The normalized spacial score (nSPS) is 11.4. The molecule has 0 aliphatic heterocycles. The van der Waals surface area contributed by atoms with E-state index in [2.05, 4.69) is 15.2 Å². The number of rotatable bonds is 8. The summed E-state index contributed by atoms with van der Waals surface area (Å²) in [6.07, 6.45) is -3.36. The van der Waals surface area contributed by atoms with Crippen LogP contribution in [-0.4, -0.2) is 34.7 Å². The van der Waals surface area contributed by atoms with E-state index in [9.17, 15) is 22.8 Å². The van der Waals surface area contributed by atoms with Gasteiger partial charge < -0.3 is 19.8 Å². The van der Waals surface area contributed by atoms with E-state index in [0.717, 1.165) is 12.3 Å². The Balaban J connectivity index is 1.59. The highest BCUT2D eigenvalue weighted by Crippen LogP contribution is 2.35. The van der Waals surface area contributed by atoms with E-state index < -0.39 is 23.5 Å². The summed E-state index contributed by atoms with van der Waals surface area (Å²) in [5.74, 6) is -0.516. The molecule has 4 aromatic rings. The van der Waals surface area contributed by atoms with E-state index in [-0.39, 0.29) is 47.2 Å². The van der Waals surface area contributed by atoms with Crippen molar-refractivity contribution < 1.29 is 27.1 Å². The third-order valence-electron chi connectivity index (χ3n) is 5.59. The number of ether oxygens (including phenoxy) is 1. The van der Waals surface area contributed by atoms with Crippen molar-refractivity contribution in [1.82, 2.24) is 15.2 Å². The molecule has 0 aliphatic carbocycles. The Hall–Kier alpha value is -4.16. The summed E-state index contributed by atoms with van der Waals surface area (Å²) < 4.78 is 50.0. The molecule has 0 radical (unpaired) electrons. The molecule has 2 aromatic carbocycles. The smallest absolute Gasteiger partial charge is 0.434 e. The number of hydrogen-bond donors (Lipinski definition) is 2. The minimum atomic E-state index is -4.63. The lowest BCUT2D eigenvalue weighted by Gasteiger charge is -2.21. The number of halogens is 4. The number of carbonyl (C=O) groups is 1. The summed E-state index contributed by atoms with van der Waals surface area (Å²) in [5, 5.41) is 6.10. The molecule has 0 saturated heterocycles. The molecule has 38 heavy (non-hydrogen) atoms. The average molecular weight is 548 g/mol. The number of nitrogens with two attached hydrogens (primary N) is 1. The minimum absolute atomic E-state index is 0.126. The highest BCUT2D eigenvalue weighted by atomic mass is 35.5. The number of pyridine rings is 1. The fourth-order valence-corrected chi connectivity index (χ4v) is 3.92. The molecule has 0 spiro atoms. The molecule has 1 amide bonds. The maximum atomic E-state index is 13.4. The molecule has 2 heterocycles. The molecule has 4 rings (SSSR count). The lowest BCUT2D eigenvalue weighted by molar-refractivity contribution is -0.141. The zero-order valence-electron chi connectivity index (χ0n) is 19.9. The SMILES string of the molecule is CN(C(=O)c1ccc(Cl)c(-c2cnc(C(F)(F)F)cc2CN)c1)c1ccccc1OCCc1n[nH]c(=O)o1. The van der Waals surface area contributed by atoms with Gasteiger partial charge in [-0.25, -0.2) is 9.89 Å². The first-order valence-corrected chi connectivity index (χ1v) is 11.6. The van der Waals surface area contributed by atoms with Gasteiger partial charge in [0.05, 0.1) is 18.7 Å². The zero-order chi connectivity index (χ0) is 27.4. The number of anilines is 1. The Bertz CT molecular complexity index is 1520. The molecule has 13 heteroatoms. The summed E-state index contributed by atoms with van der Waals surface area (Å²) in [4.78, 5) is 29.4. The molecule has 198 valence electrons. The number of nitrogens with one attached hydrogen (secondary N) is 1. The summed E-state index contributed by atoms with van der Waals surface area (Å²) in [6, 6.07) is 12.2. The largest absolute Gasteiger partial charge is 0.491 e. The molecular formula is C25H21ClF3N5O4. The predicted molar refractivity (Wildman–Crippen MR) is 133 cm³/mol. The van der Waals surface area contributed by atoms with Crippen LogP contribution in [0.2, 0.25) is 5.02 Å². The Morgan fingerprint density at radius 3 is 2.63 bits per heavy atom. The van der Waals surface area contributed by atoms with Gasteiger partial charge in [-0.2, -0.15) is 13.2 Å². The Labute approximate surface area is 219 Å². The number of benzene rings is 2. The van der Waals surface area contributed by atoms with Crippen LogP contribution < -0.4 is 21.1 Å². The second-order valence-electron chi connectivity index (χ2n) is 8.06. The maximum absolute atomic E-state index is 13.4. The number of H-pyrrole nitrogens is 1.